The first-order chi connectivity index (χ1) is 11.1. The third kappa shape index (κ3) is 3.38. The summed E-state index contributed by atoms with van der Waals surface area (Å²) in [5.41, 5.74) is 0.456. The molecular weight excluding hydrogens is 314 g/mol. The van der Waals surface area contributed by atoms with Crippen molar-refractivity contribution in [1.82, 2.24) is 15.1 Å². The smallest absolute Gasteiger partial charge is 0.245 e. The van der Waals surface area contributed by atoms with Crippen molar-refractivity contribution in [1.29, 1.82) is 0 Å². The van der Waals surface area contributed by atoms with Crippen LogP contribution in [0.1, 0.15) is 12.0 Å². The lowest BCUT2D eigenvalue weighted by atomic mass is 9.93. The van der Waals surface area contributed by atoms with Gasteiger partial charge in [0.05, 0.1) is 6.61 Å². The summed E-state index contributed by atoms with van der Waals surface area (Å²) in [5, 5.41) is 4.05. The number of likely N-dealkylation sites (N-methyl/N-ethyl adjacent to an activating group) is 1. The van der Waals surface area contributed by atoms with E-state index in [-0.39, 0.29) is 5.91 Å². The van der Waals surface area contributed by atoms with Gasteiger partial charge in [-0.05, 0) is 11.6 Å². The number of rotatable bonds is 4. The predicted octanol–water partition coefficient (Wildman–Crippen LogP) is 1.36. The van der Waals surface area contributed by atoms with Crippen molar-refractivity contribution < 1.29 is 9.53 Å². The minimum Gasteiger partial charge on any atom is -0.379 e. The molecule has 1 aromatic carbocycles. The first-order valence-electron chi connectivity index (χ1n) is 8.16. The van der Waals surface area contributed by atoms with E-state index in [0.717, 1.165) is 38.2 Å². The average Bonchev–Trinajstić information content (AvgIpc) is 3.08. The molecule has 0 aromatic heterocycles. The molecule has 0 spiro atoms. The van der Waals surface area contributed by atoms with Crippen molar-refractivity contribution in [3.63, 3.8) is 0 Å². The van der Waals surface area contributed by atoms with Gasteiger partial charge in [-0.3, -0.25) is 9.69 Å². The van der Waals surface area contributed by atoms with Gasteiger partial charge in [0.25, 0.3) is 0 Å². The van der Waals surface area contributed by atoms with E-state index in [9.17, 15) is 4.79 Å². The highest BCUT2D eigenvalue weighted by atomic mass is 35.5. The zero-order chi connectivity index (χ0) is 16.3. The molecule has 2 aliphatic rings. The van der Waals surface area contributed by atoms with E-state index in [1.807, 2.05) is 31.3 Å². The fraction of sp³-hybridized carbons (Fsp3) is 0.588. The average molecular weight is 338 g/mol. The number of carbonyl (C=O) groups is 1. The molecule has 2 saturated heterocycles. The number of hydrogen-bond acceptors (Lipinski definition) is 4. The van der Waals surface area contributed by atoms with Gasteiger partial charge in [-0.25, -0.2) is 0 Å². The fourth-order valence-electron chi connectivity index (χ4n) is 3.51. The van der Waals surface area contributed by atoms with Gasteiger partial charge >= 0.3 is 0 Å². The summed E-state index contributed by atoms with van der Waals surface area (Å²) in [4.78, 5) is 17.3. The van der Waals surface area contributed by atoms with Crippen LogP contribution in [0.3, 0.4) is 0 Å². The summed E-state index contributed by atoms with van der Waals surface area (Å²) in [6.07, 6.45) is 0.763. The van der Waals surface area contributed by atoms with Crippen LogP contribution in [-0.4, -0.2) is 67.7 Å². The Bertz CT molecular complexity index is 555. The summed E-state index contributed by atoms with van der Waals surface area (Å²) in [5.74, 6) is 0.136. The Balaban J connectivity index is 1.76. The lowest BCUT2D eigenvalue weighted by Gasteiger charge is -2.43. The third-order valence-electron chi connectivity index (χ3n) is 4.83. The van der Waals surface area contributed by atoms with Crippen LogP contribution in [0.4, 0.5) is 0 Å². The SMILES string of the molecule is CN(Cc1ccccc1Cl)C(=O)C1(N2CCNCC2)CCOC1. The van der Waals surface area contributed by atoms with E-state index in [0.29, 0.717) is 24.8 Å². The van der Waals surface area contributed by atoms with Gasteiger partial charge < -0.3 is 15.0 Å². The molecule has 1 unspecified atom stereocenters. The summed E-state index contributed by atoms with van der Waals surface area (Å²) in [7, 11) is 1.86. The molecule has 0 saturated carbocycles. The predicted molar refractivity (Wildman–Crippen MR) is 90.5 cm³/mol. The van der Waals surface area contributed by atoms with E-state index in [4.69, 9.17) is 16.3 Å². The van der Waals surface area contributed by atoms with Gasteiger partial charge in [0.15, 0.2) is 0 Å². The zero-order valence-corrected chi connectivity index (χ0v) is 14.3. The Labute approximate surface area is 142 Å². The van der Waals surface area contributed by atoms with E-state index in [1.54, 1.807) is 4.90 Å². The van der Waals surface area contributed by atoms with Crippen molar-refractivity contribution in [2.45, 2.75) is 18.5 Å². The number of hydrogen-bond donors (Lipinski definition) is 1. The fourth-order valence-corrected chi connectivity index (χ4v) is 3.71. The van der Waals surface area contributed by atoms with Crippen LogP contribution in [0.2, 0.25) is 5.02 Å². The van der Waals surface area contributed by atoms with Crippen molar-refractivity contribution in [2.75, 3.05) is 46.4 Å². The Kier molecular flexibility index (Phi) is 5.21. The van der Waals surface area contributed by atoms with Gasteiger partial charge in [0.2, 0.25) is 5.91 Å². The van der Waals surface area contributed by atoms with E-state index in [1.165, 1.54) is 0 Å². The number of nitrogens with zero attached hydrogens (tertiary/aromatic N) is 2. The van der Waals surface area contributed by atoms with Crippen LogP contribution in [0.5, 0.6) is 0 Å². The normalized spacial score (nSPS) is 25.5. The number of amides is 1. The number of benzene rings is 1. The molecule has 126 valence electrons. The van der Waals surface area contributed by atoms with Gasteiger partial charge in [-0.1, -0.05) is 29.8 Å². The maximum atomic E-state index is 13.2. The molecule has 1 aromatic rings. The van der Waals surface area contributed by atoms with Crippen LogP contribution in [-0.2, 0) is 16.1 Å². The summed E-state index contributed by atoms with van der Waals surface area (Å²) in [6, 6.07) is 7.68. The summed E-state index contributed by atoms with van der Waals surface area (Å²) >= 11 is 6.23. The first kappa shape index (κ1) is 16.7. The minimum absolute atomic E-state index is 0.136. The van der Waals surface area contributed by atoms with Crippen molar-refractivity contribution >= 4 is 17.5 Å². The summed E-state index contributed by atoms with van der Waals surface area (Å²) < 4.78 is 5.62. The largest absolute Gasteiger partial charge is 0.379 e. The Morgan fingerprint density at radius 1 is 1.39 bits per heavy atom. The third-order valence-corrected chi connectivity index (χ3v) is 5.20. The maximum absolute atomic E-state index is 13.2. The van der Waals surface area contributed by atoms with Crippen molar-refractivity contribution in [3.8, 4) is 0 Å². The van der Waals surface area contributed by atoms with Gasteiger partial charge in [0.1, 0.15) is 5.54 Å². The van der Waals surface area contributed by atoms with Crippen LogP contribution >= 0.6 is 11.6 Å². The van der Waals surface area contributed by atoms with Crippen LogP contribution in [0, 0.1) is 0 Å². The molecule has 5 nitrogen and oxygen atoms in total. The topological polar surface area (TPSA) is 44.8 Å². The molecule has 2 aliphatic heterocycles. The molecule has 1 N–H and O–H groups in total. The van der Waals surface area contributed by atoms with Crippen LogP contribution < -0.4 is 5.32 Å². The Morgan fingerprint density at radius 2 is 2.13 bits per heavy atom. The van der Waals surface area contributed by atoms with Crippen molar-refractivity contribution in [2.24, 2.45) is 0 Å². The number of halogens is 1. The molecule has 0 radical (unpaired) electrons. The van der Waals surface area contributed by atoms with Gasteiger partial charge in [-0.2, -0.15) is 0 Å². The molecule has 0 bridgehead atoms. The summed E-state index contributed by atoms with van der Waals surface area (Å²) in [6.45, 7) is 5.26. The highest BCUT2D eigenvalue weighted by Gasteiger charge is 2.48. The number of nitrogens with one attached hydrogen (secondary N) is 1. The van der Waals surface area contributed by atoms with Gasteiger partial charge in [-0.15, -0.1) is 0 Å². The molecule has 6 heteroatoms. The Hall–Kier alpha value is -1.14. The highest BCUT2D eigenvalue weighted by molar-refractivity contribution is 6.31. The highest BCUT2D eigenvalue weighted by Crippen LogP contribution is 2.29. The number of ether oxygens (including phenoxy) is 1. The second kappa shape index (κ2) is 7.18. The lowest BCUT2D eigenvalue weighted by Crippen LogP contribution is -2.63. The number of piperazine rings is 1. The number of carbonyl (C=O) groups excluding carboxylic acids is 1. The van der Waals surface area contributed by atoms with E-state index < -0.39 is 5.54 Å². The Morgan fingerprint density at radius 3 is 2.78 bits per heavy atom. The molecule has 23 heavy (non-hydrogen) atoms. The molecule has 3 rings (SSSR count). The maximum Gasteiger partial charge on any atom is 0.245 e. The molecule has 1 atom stereocenters. The molecule has 1 amide bonds. The molecule has 2 fully saturated rings. The molecule has 2 heterocycles. The lowest BCUT2D eigenvalue weighted by molar-refractivity contribution is -0.144. The van der Waals surface area contributed by atoms with Gasteiger partial charge in [0, 0.05) is 57.8 Å². The second-order valence-corrected chi connectivity index (χ2v) is 6.73. The van der Waals surface area contributed by atoms with E-state index in [2.05, 4.69) is 10.2 Å². The molecule has 0 aliphatic carbocycles. The standard InChI is InChI=1S/C17H24ClN3O2/c1-20(12-14-4-2-3-5-15(14)18)16(22)17(6-11-23-13-17)21-9-7-19-8-10-21/h2-5,19H,6-13H2,1H3. The monoisotopic (exact) mass is 337 g/mol. The minimum atomic E-state index is -0.516. The van der Waals surface area contributed by atoms with Crippen LogP contribution in [0.15, 0.2) is 24.3 Å². The van der Waals surface area contributed by atoms with Crippen LogP contribution in [0.25, 0.3) is 0 Å². The second-order valence-electron chi connectivity index (χ2n) is 6.32. The quantitative estimate of drug-likeness (QED) is 0.901. The molecular formula is C17H24ClN3O2. The van der Waals surface area contributed by atoms with E-state index >= 15 is 0 Å². The first-order valence-corrected chi connectivity index (χ1v) is 8.54. The van der Waals surface area contributed by atoms with Crippen molar-refractivity contribution in [3.05, 3.63) is 34.9 Å². The zero-order valence-electron chi connectivity index (χ0n) is 13.6.